The molecule has 1 aromatic carbocycles. The summed E-state index contributed by atoms with van der Waals surface area (Å²) in [6.45, 7) is 9.53. The van der Waals surface area contributed by atoms with Crippen molar-refractivity contribution in [2.45, 2.75) is 27.7 Å². The van der Waals surface area contributed by atoms with Crippen molar-refractivity contribution in [2.24, 2.45) is 10.7 Å². The van der Waals surface area contributed by atoms with Crippen LogP contribution < -0.4 is 11.1 Å². The molecule has 0 fully saturated rings. The van der Waals surface area contributed by atoms with E-state index in [0.29, 0.717) is 17.6 Å². The molecular weight excluding hydrogens is 256 g/mol. The van der Waals surface area contributed by atoms with E-state index in [4.69, 9.17) is 18.0 Å². The quantitative estimate of drug-likeness (QED) is 0.507. The van der Waals surface area contributed by atoms with Crippen LogP contribution in [0.25, 0.3) is 0 Å². The average Bonchev–Trinajstić information content (AvgIpc) is 2.34. The topological polar surface area (TPSA) is 53.6 Å². The van der Waals surface area contributed by atoms with Gasteiger partial charge in [-0.3, -0.25) is 4.90 Å². The first kappa shape index (κ1) is 15.4. The molecule has 5 heteroatoms. The van der Waals surface area contributed by atoms with E-state index in [-0.39, 0.29) is 0 Å². The van der Waals surface area contributed by atoms with Gasteiger partial charge >= 0.3 is 0 Å². The van der Waals surface area contributed by atoms with Crippen molar-refractivity contribution < 1.29 is 0 Å². The Morgan fingerprint density at radius 1 is 1.37 bits per heavy atom. The van der Waals surface area contributed by atoms with Crippen LogP contribution in [0.2, 0.25) is 0 Å². The Hall–Kier alpha value is -1.62. The van der Waals surface area contributed by atoms with Gasteiger partial charge in [0.1, 0.15) is 0 Å². The molecule has 0 saturated carbocycles. The molecule has 0 radical (unpaired) electrons. The van der Waals surface area contributed by atoms with Gasteiger partial charge in [-0.25, -0.2) is 4.99 Å². The minimum atomic E-state index is 0.417. The van der Waals surface area contributed by atoms with Gasteiger partial charge in [0, 0.05) is 13.1 Å². The number of aryl methyl sites for hydroxylation is 2. The highest BCUT2D eigenvalue weighted by Crippen LogP contribution is 2.19. The van der Waals surface area contributed by atoms with E-state index in [1.807, 2.05) is 32.9 Å². The minimum absolute atomic E-state index is 0.417. The zero-order valence-corrected chi connectivity index (χ0v) is 12.8. The van der Waals surface area contributed by atoms with Crippen LogP contribution in [0.1, 0.15) is 25.0 Å². The van der Waals surface area contributed by atoms with Crippen molar-refractivity contribution in [1.82, 2.24) is 10.2 Å². The van der Waals surface area contributed by atoms with Gasteiger partial charge in [-0.05, 0) is 51.5 Å². The van der Waals surface area contributed by atoms with Gasteiger partial charge in [-0.2, -0.15) is 0 Å². The number of aliphatic imine (C=N–C) groups is 1. The molecule has 0 heterocycles. The highest BCUT2D eigenvalue weighted by Gasteiger charge is 2.11. The predicted molar refractivity (Wildman–Crippen MR) is 85.9 cm³/mol. The second kappa shape index (κ2) is 7.09. The molecule has 0 spiro atoms. The maximum Gasteiger partial charge on any atom is 0.202 e. The Morgan fingerprint density at radius 2 is 2.05 bits per heavy atom. The summed E-state index contributed by atoms with van der Waals surface area (Å²) in [7, 11) is 0. The first-order valence-electron chi connectivity index (χ1n) is 6.46. The van der Waals surface area contributed by atoms with Crippen LogP contribution in [0.5, 0.6) is 0 Å². The average molecular weight is 278 g/mol. The number of rotatable bonds is 3. The number of guanidine groups is 1. The first-order chi connectivity index (χ1) is 8.99. The third-order valence-corrected chi connectivity index (χ3v) is 3.12. The molecule has 0 amide bonds. The molecule has 3 N–H and O–H groups in total. The molecule has 0 bridgehead atoms. The Balaban J connectivity index is 2.98. The fourth-order valence-corrected chi connectivity index (χ4v) is 2.14. The van der Waals surface area contributed by atoms with Gasteiger partial charge in [0.25, 0.3) is 0 Å². The van der Waals surface area contributed by atoms with Crippen molar-refractivity contribution in [2.75, 3.05) is 13.1 Å². The zero-order valence-electron chi connectivity index (χ0n) is 12.0. The first-order valence-corrected chi connectivity index (χ1v) is 6.87. The lowest BCUT2D eigenvalue weighted by molar-refractivity contribution is 0.618. The number of nitrogens with two attached hydrogens (primary N) is 1. The molecular formula is C14H22N4S. The molecule has 0 saturated heterocycles. The monoisotopic (exact) mass is 278 g/mol. The van der Waals surface area contributed by atoms with E-state index in [0.717, 1.165) is 17.8 Å². The largest absolute Gasteiger partial charge is 0.369 e. The maximum absolute atomic E-state index is 6.05. The molecule has 0 unspecified atom stereocenters. The molecule has 0 aliphatic rings. The van der Waals surface area contributed by atoms with E-state index in [1.165, 1.54) is 5.56 Å². The molecule has 1 aromatic rings. The summed E-state index contributed by atoms with van der Waals surface area (Å²) in [5.74, 6) is 0.417. The summed E-state index contributed by atoms with van der Waals surface area (Å²) < 4.78 is 0. The lowest BCUT2D eigenvalue weighted by Crippen LogP contribution is -2.46. The van der Waals surface area contributed by atoms with Crippen molar-refractivity contribution in [3.05, 3.63) is 29.3 Å². The molecule has 19 heavy (non-hydrogen) atoms. The van der Waals surface area contributed by atoms with Gasteiger partial charge in [-0.15, -0.1) is 0 Å². The van der Waals surface area contributed by atoms with Crippen LogP contribution in [-0.4, -0.2) is 29.1 Å². The summed E-state index contributed by atoms with van der Waals surface area (Å²) >= 11 is 5.27. The van der Waals surface area contributed by atoms with Crippen LogP contribution in [0.3, 0.4) is 0 Å². The predicted octanol–water partition coefficient (Wildman–Crippen LogP) is 2.47. The van der Waals surface area contributed by atoms with Gasteiger partial charge in [0.2, 0.25) is 5.96 Å². The van der Waals surface area contributed by atoms with E-state index in [9.17, 15) is 0 Å². The minimum Gasteiger partial charge on any atom is -0.369 e. The number of hydrogen-bond acceptors (Lipinski definition) is 2. The van der Waals surface area contributed by atoms with Crippen LogP contribution in [0.4, 0.5) is 5.69 Å². The van der Waals surface area contributed by atoms with Crippen molar-refractivity contribution in [1.29, 1.82) is 0 Å². The van der Waals surface area contributed by atoms with E-state index in [1.54, 1.807) is 4.90 Å². The number of benzene rings is 1. The maximum atomic E-state index is 6.05. The van der Waals surface area contributed by atoms with Gasteiger partial charge in [0.05, 0.1) is 5.69 Å². The van der Waals surface area contributed by atoms with Crippen LogP contribution in [0.15, 0.2) is 23.2 Å². The fraction of sp³-hybridized carbons (Fsp3) is 0.429. The van der Waals surface area contributed by atoms with Gasteiger partial charge in [-0.1, -0.05) is 17.7 Å². The highest BCUT2D eigenvalue weighted by atomic mass is 32.1. The van der Waals surface area contributed by atoms with Crippen molar-refractivity contribution in [3.63, 3.8) is 0 Å². The molecule has 0 aliphatic heterocycles. The summed E-state index contributed by atoms with van der Waals surface area (Å²) in [4.78, 5) is 6.26. The van der Waals surface area contributed by atoms with Gasteiger partial charge < -0.3 is 11.1 Å². The second-order valence-corrected chi connectivity index (χ2v) is 4.73. The number of nitrogens with one attached hydrogen (secondary N) is 1. The fourth-order valence-electron chi connectivity index (χ4n) is 1.77. The second-order valence-electron chi connectivity index (χ2n) is 4.34. The smallest absolute Gasteiger partial charge is 0.202 e. The molecule has 0 aliphatic carbocycles. The van der Waals surface area contributed by atoms with Crippen LogP contribution >= 0.6 is 12.2 Å². The van der Waals surface area contributed by atoms with E-state index in [2.05, 4.69) is 23.3 Å². The Bertz CT molecular complexity index is 482. The summed E-state index contributed by atoms with van der Waals surface area (Å²) in [6.07, 6.45) is 0. The Labute approximate surface area is 120 Å². The third-order valence-electron chi connectivity index (χ3n) is 2.75. The SMILES string of the molecule is CCNC(=S)N(CC)C(N)=Nc1ccc(C)cc1C. The Morgan fingerprint density at radius 3 is 2.58 bits per heavy atom. The molecule has 1 rings (SSSR count). The molecule has 104 valence electrons. The lowest BCUT2D eigenvalue weighted by atomic mass is 10.1. The summed E-state index contributed by atoms with van der Waals surface area (Å²) in [5, 5.41) is 3.69. The van der Waals surface area contributed by atoms with Crippen LogP contribution in [0, 0.1) is 13.8 Å². The van der Waals surface area contributed by atoms with Crippen LogP contribution in [-0.2, 0) is 0 Å². The third kappa shape index (κ3) is 4.21. The van der Waals surface area contributed by atoms with Crippen molar-refractivity contribution in [3.8, 4) is 0 Å². The Kier molecular flexibility index (Phi) is 5.76. The number of nitrogens with zero attached hydrogens (tertiary/aromatic N) is 2. The highest BCUT2D eigenvalue weighted by molar-refractivity contribution is 7.80. The zero-order chi connectivity index (χ0) is 14.4. The molecule has 0 atom stereocenters. The number of hydrogen-bond donors (Lipinski definition) is 2. The lowest BCUT2D eigenvalue weighted by Gasteiger charge is -2.22. The summed E-state index contributed by atoms with van der Waals surface area (Å²) in [6, 6.07) is 6.09. The van der Waals surface area contributed by atoms with Gasteiger partial charge in [0.15, 0.2) is 5.11 Å². The van der Waals surface area contributed by atoms with E-state index >= 15 is 0 Å². The van der Waals surface area contributed by atoms with Crippen molar-refractivity contribution >= 4 is 29.0 Å². The summed E-state index contributed by atoms with van der Waals surface area (Å²) in [5.41, 5.74) is 9.24. The standard InChI is InChI=1S/C14H22N4S/c1-5-16-14(19)18(6-2)13(15)17-12-8-7-10(3)9-11(12)4/h7-9H,5-6H2,1-4H3,(H2,15,17)(H,16,19). The molecule has 0 aromatic heterocycles. The van der Waals surface area contributed by atoms with E-state index < -0.39 is 0 Å². The number of thiocarbonyl (C=S) groups is 1. The molecule has 4 nitrogen and oxygen atoms in total. The normalized spacial score (nSPS) is 11.3.